The van der Waals surface area contributed by atoms with E-state index in [0.29, 0.717) is 6.04 Å². The molecule has 0 aromatic carbocycles. The van der Waals surface area contributed by atoms with Crippen molar-refractivity contribution < 1.29 is 4.52 Å². The van der Waals surface area contributed by atoms with Crippen molar-refractivity contribution in [2.45, 2.75) is 25.4 Å². The van der Waals surface area contributed by atoms with Crippen LogP contribution < -0.4 is 5.32 Å². The number of hydrogen-bond acceptors (Lipinski definition) is 4. The lowest BCUT2D eigenvalue weighted by molar-refractivity contribution is 0.177. The van der Waals surface area contributed by atoms with E-state index in [1.807, 2.05) is 6.07 Å². The van der Waals surface area contributed by atoms with Gasteiger partial charge in [0.05, 0.1) is 12.7 Å². The van der Waals surface area contributed by atoms with Gasteiger partial charge < -0.3 is 9.84 Å². The summed E-state index contributed by atoms with van der Waals surface area (Å²) < 4.78 is 5.08. The van der Waals surface area contributed by atoms with Gasteiger partial charge in [-0.2, -0.15) is 0 Å². The van der Waals surface area contributed by atoms with Crippen LogP contribution in [0.4, 0.5) is 0 Å². The molecule has 0 saturated carbocycles. The summed E-state index contributed by atoms with van der Waals surface area (Å²) in [7, 11) is 2.14. The zero-order valence-corrected chi connectivity index (χ0v) is 8.57. The molecule has 1 fully saturated rings. The first-order chi connectivity index (χ1) is 6.86. The van der Waals surface area contributed by atoms with Gasteiger partial charge in [0.25, 0.3) is 0 Å². The predicted molar refractivity (Wildman–Crippen MR) is 53.9 cm³/mol. The lowest BCUT2D eigenvalue weighted by atomic mass is 10.1. The second-order valence-electron chi connectivity index (χ2n) is 3.89. The van der Waals surface area contributed by atoms with Gasteiger partial charge >= 0.3 is 0 Å². The molecule has 1 aromatic rings. The van der Waals surface area contributed by atoms with Gasteiger partial charge in [-0.05, 0) is 26.4 Å². The van der Waals surface area contributed by atoms with E-state index in [1.54, 1.807) is 6.20 Å². The van der Waals surface area contributed by atoms with Gasteiger partial charge in [0, 0.05) is 18.7 Å². The second kappa shape index (κ2) is 4.57. The zero-order chi connectivity index (χ0) is 9.80. The Morgan fingerprint density at radius 1 is 1.71 bits per heavy atom. The van der Waals surface area contributed by atoms with Crippen LogP contribution in [0.3, 0.4) is 0 Å². The number of hydrogen-bond donors (Lipinski definition) is 1. The third kappa shape index (κ3) is 2.33. The molecule has 1 N–H and O–H groups in total. The smallest absolute Gasteiger partial charge is 0.150 e. The molecule has 1 atom stereocenters. The fourth-order valence-corrected chi connectivity index (χ4v) is 1.91. The number of piperidine rings is 1. The highest BCUT2D eigenvalue weighted by Crippen LogP contribution is 2.11. The molecule has 0 spiro atoms. The third-order valence-electron chi connectivity index (χ3n) is 2.79. The molecule has 1 aliphatic heterocycles. The van der Waals surface area contributed by atoms with E-state index in [2.05, 4.69) is 22.4 Å². The number of nitrogens with one attached hydrogen (secondary N) is 1. The second-order valence-corrected chi connectivity index (χ2v) is 3.89. The van der Waals surface area contributed by atoms with Crippen LogP contribution in [0.15, 0.2) is 16.8 Å². The maximum atomic E-state index is 5.08. The number of rotatable bonds is 3. The summed E-state index contributed by atoms with van der Waals surface area (Å²) in [6, 6.07) is 2.56. The van der Waals surface area contributed by atoms with Crippen molar-refractivity contribution >= 4 is 0 Å². The predicted octanol–water partition coefficient (Wildman–Crippen LogP) is 0.858. The molecule has 1 unspecified atom stereocenters. The molecule has 0 amide bonds. The first kappa shape index (κ1) is 9.68. The molecule has 1 saturated heterocycles. The van der Waals surface area contributed by atoms with Crippen LogP contribution >= 0.6 is 0 Å². The number of likely N-dealkylation sites (N-methyl/N-ethyl adjacent to an activating group) is 1. The normalized spacial score (nSPS) is 22.9. The Kier molecular flexibility index (Phi) is 3.16. The molecule has 14 heavy (non-hydrogen) atoms. The molecule has 1 aliphatic rings. The topological polar surface area (TPSA) is 41.3 Å². The highest BCUT2D eigenvalue weighted by molar-refractivity contribution is 4.93. The summed E-state index contributed by atoms with van der Waals surface area (Å²) in [6.07, 6.45) is 4.24. The Bertz CT molecular complexity index is 254. The molecule has 78 valence electrons. The fraction of sp³-hybridized carbons (Fsp3) is 0.700. The van der Waals surface area contributed by atoms with E-state index in [-0.39, 0.29) is 0 Å². The van der Waals surface area contributed by atoms with Crippen LogP contribution in [0.25, 0.3) is 0 Å². The van der Waals surface area contributed by atoms with E-state index in [9.17, 15) is 0 Å². The molecule has 2 heterocycles. The van der Waals surface area contributed by atoms with Crippen LogP contribution in [0.1, 0.15) is 18.6 Å². The molecular weight excluding hydrogens is 178 g/mol. The Hall–Kier alpha value is -0.870. The van der Waals surface area contributed by atoms with Crippen LogP contribution in [0.2, 0.25) is 0 Å². The molecule has 2 rings (SSSR count). The minimum atomic E-state index is 0.633. The van der Waals surface area contributed by atoms with Crippen LogP contribution in [-0.4, -0.2) is 36.2 Å². The summed E-state index contributed by atoms with van der Waals surface area (Å²) in [6.45, 7) is 3.10. The van der Waals surface area contributed by atoms with E-state index >= 15 is 0 Å². The number of aromatic nitrogens is 1. The van der Waals surface area contributed by atoms with Gasteiger partial charge in [-0.1, -0.05) is 5.16 Å². The Morgan fingerprint density at radius 3 is 3.29 bits per heavy atom. The van der Waals surface area contributed by atoms with Crippen molar-refractivity contribution in [3.05, 3.63) is 18.0 Å². The zero-order valence-electron chi connectivity index (χ0n) is 8.57. The highest BCUT2D eigenvalue weighted by Gasteiger charge is 2.18. The largest absolute Gasteiger partial charge is 0.360 e. The summed E-state index contributed by atoms with van der Waals surface area (Å²) >= 11 is 0. The van der Waals surface area contributed by atoms with Gasteiger partial charge in [-0.3, -0.25) is 4.90 Å². The van der Waals surface area contributed by atoms with Crippen LogP contribution in [-0.2, 0) is 6.54 Å². The van der Waals surface area contributed by atoms with Crippen LogP contribution in [0.5, 0.6) is 0 Å². The molecule has 4 heteroatoms. The van der Waals surface area contributed by atoms with Crippen molar-refractivity contribution in [1.82, 2.24) is 15.4 Å². The average molecular weight is 195 g/mol. The van der Waals surface area contributed by atoms with Gasteiger partial charge in [-0.15, -0.1) is 0 Å². The average Bonchev–Trinajstić information content (AvgIpc) is 2.72. The lowest BCUT2D eigenvalue weighted by Gasteiger charge is -2.30. The van der Waals surface area contributed by atoms with Crippen molar-refractivity contribution in [3.8, 4) is 0 Å². The summed E-state index contributed by atoms with van der Waals surface area (Å²) in [5, 5.41) is 7.11. The Balaban J connectivity index is 1.85. The molecule has 0 radical (unpaired) electrons. The minimum absolute atomic E-state index is 0.633. The third-order valence-corrected chi connectivity index (χ3v) is 2.79. The quantitative estimate of drug-likeness (QED) is 0.776. The van der Waals surface area contributed by atoms with Crippen molar-refractivity contribution in [2.75, 3.05) is 20.1 Å². The van der Waals surface area contributed by atoms with E-state index in [4.69, 9.17) is 4.52 Å². The summed E-state index contributed by atoms with van der Waals surface area (Å²) in [5.41, 5.74) is 0. The molecule has 1 aromatic heterocycles. The van der Waals surface area contributed by atoms with Crippen molar-refractivity contribution in [2.24, 2.45) is 0 Å². The maximum Gasteiger partial charge on any atom is 0.150 e. The van der Waals surface area contributed by atoms with Gasteiger partial charge in [-0.25, -0.2) is 0 Å². The molecule has 0 bridgehead atoms. The van der Waals surface area contributed by atoms with Gasteiger partial charge in [0.2, 0.25) is 0 Å². The molecule has 0 aliphatic carbocycles. The van der Waals surface area contributed by atoms with Gasteiger partial charge in [0.1, 0.15) is 0 Å². The summed E-state index contributed by atoms with van der Waals surface area (Å²) in [5.74, 6) is 0.943. The first-order valence-corrected chi connectivity index (χ1v) is 5.17. The minimum Gasteiger partial charge on any atom is -0.360 e. The SMILES string of the molecule is CN(Cc1ccno1)C1CCCNC1. The van der Waals surface area contributed by atoms with E-state index < -0.39 is 0 Å². The molecule has 4 nitrogen and oxygen atoms in total. The van der Waals surface area contributed by atoms with Gasteiger partial charge in [0.15, 0.2) is 5.76 Å². The Labute approximate surface area is 84.3 Å². The number of nitrogens with zero attached hydrogens (tertiary/aromatic N) is 2. The summed E-state index contributed by atoms with van der Waals surface area (Å²) in [4.78, 5) is 2.33. The van der Waals surface area contributed by atoms with Crippen molar-refractivity contribution in [1.29, 1.82) is 0 Å². The van der Waals surface area contributed by atoms with Crippen LogP contribution in [0, 0.1) is 0 Å². The standard InChI is InChI=1S/C10H17N3O/c1-13(8-10-4-6-12-14-10)9-3-2-5-11-7-9/h4,6,9,11H,2-3,5,7-8H2,1H3. The van der Waals surface area contributed by atoms with E-state index in [1.165, 1.54) is 12.8 Å². The van der Waals surface area contributed by atoms with Crippen molar-refractivity contribution in [3.63, 3.8) is 0 Å². The van der Waals surface area contributed by atoms with E-state index in [0.717, 1.165) is 25.4 Å². The fourth-order valence-electron chi connectivity index (χ4n) is 1.91. The Morgan fingerprint density at radius 2 is 2.64 bits per heavy atom. The molecular formula is C10H17N3O. The first-order valence-electron chi connectivity index (χ1n) is 5.17. The highest BCUT2D eigenvalue weighted by atomic mass is 16.5. The lowest BCUT2D eigenvalue weighted by Crippen LogP contribution is -2.43. The monoisotopic (exact) mass is 195 g/mol. The maximum absolute atomic E-state index is 5.08.